The van der Waals surface area contributed by atoms with Gasteiger partial charge in [0, 0.05) is 31.6 Å². The molecule has 0 bridgehead atoms. The van der Waals surface area contributed by atoms with Gasteiger partial charge < -0.3 is 14.7 Å². The fraction of sp³-hybridized carbons (Fsp3) is 0.682. The second-order valence-electron chi connectivity index (χ2n) is 9.56. The Kier molecular flexibility index (Phi) is 5.96. The van der Waals surface area contributed by atoms with Gasteiger partial charge in [0.15, 0.2) is 0 Å². The lowest BCUT2D eigenvalue weighted by Gasteiger charge is -2.36. The van der Waals surface area contributed by atoms with E-state index in [1.54, 1.807) is 0 Å². The molecule has 4 heterocycles. The van der Waals surface area contributed by atoms with Crippen LogP contribution in [0.25, 0.3) is 5.57 Å². The predicted octanol–water partition coefficient (Wildman–Crippen LogP) is 1.92. The fourth-order valence-corrected chi connectivity index (χ4v) is 5.59. The van der Waals surface area contributed by atoms with Gasteiger partial charge in [0.2, 0.25) is 10.0 Å². The van der Waals surface area contributed by atoms with Crippen molar-refractivity contribution in [3.8, 4) is 5.75 Å². The van der Waals surface area contributed by atoms with Gasteiger partial charge in [-0.2, -0.15) is 4.31 Å². The van der Waals surface area contributed by atoms with Crippen LogP contribution in [0.5, 0.6) is 5.75 Å². The number of nitrogens with zero attached hydrogens (tertiary/aromatic N) is 3. The van der Waals surface area contributed by atoms with E-state index in [0.717, 1.165) is 49.4 Å². The molecule has 0 unspecified atom stereocenters. The molecule has 1 aromatic heterocycles. The Labute approximate surface area is 179 Å². The lowest BCUT2D eigenvalue weighted by molar-refractivity contribution is 0.0143. The van der Waals surface area contributed by atoms with E-state index >= 15 is 0 Å². The van der Waals surface area contributed by atoms with Crippen molar-refractivity contribution in [2.24, 2.45) is 5.92 Å². The molecule has 0 spiro atoms. The van der Waals surface area contributed by atoms with Crippen molar-refractivity contribution in [1.29, 1.82) is 0 Å². The van der Waals surface area contributed by atoms with Crippen molar-refractivity contribution in [3.05, 3.63) is 29.6 Å². The van der Waals surface area contributed by atoms with Crippen LogP contribution in [0.2, 0.25) is 0 Å². The van der Waals surface area contributed by atoms with Crippen molar-refractivity contribution < 1.29 is 18.3 Å². The van der Waals surface area contributed by atoms with Crippen LogP contribution in [-0.4, -0.2) is 78.4 Å². The average Bonchev–Trinajstić information content (AvgIpc) is 3.10. The van der Waals surface area contributed by atoms with E-state index in [-0.39, 0.29) is 6.10 Å². The highest BCUT2D eigenvalue weighted by atomic mass is 32.2. The molecule has 1 atom stereocenters. The number of rotatable bonds is 5. The van der Waals surface area contributed by atoms with Crippen molar-refractivity contribution in [2.75, 3.05) is 39.0 Å². The molecule has 30 heavy (non-hydrogen) atoms. The lowest BCUT2D eigenvalue weighted by atomic mass is 9.88. The first-order valence-corrected chi connectivity index (χ1v) is 12.7. The SMILES string of the molecule is CC(C)(O)CN1CCC([C@@H]2Cc3cc(C4=CCN(S(C)(=O)=O)CC4)ncc3O2)CC1. The van der Waals surface area contributed by atoms with Gasteiger partial charge in [-0.1, -0.05) is 6.08 Å². The smallest absolute Gasteiger partial charge is 0.211 e. The molecule has 3 aliphatic rings. The second-order valence-corrected chi connectivity index (χ2v) is 11.5. The van der Waals surface area contributed by atoms with Gasteiger partial charge in [0.25, 0.3) is 0 Å². The van der Waals surface area contributed by atoms with E-state index < -0.39 is 15.6 Å². The largest absolute Gasteiger partial charge is 0.488 e. The summed E-state index contributed by atoms with van der Waals surface area (Å²) in [6.07, 6.45) is 9.02. The number of piperidine rings is 1. The van der Waals surface area contributed by atoms with E-state index in [1.165, 1.54) is 16.1 Å². The summed E-state index contributed by atoms with van der Waals surface area (Å²) in [6, 6.07) is 2.13. The zero-order chi connectivity index (χ0) is 21.5. The Morgan fingerprint density at radius 1 is 1.27 bits per heavy atom. The molecule has 8 heteroatoms. The van der Waals surface area contributed by atoms with Crippen molar-refractivity contribution in [1.82, 2.24) is 14.2 Å². The van der Waals surface area contributed by atoms with E-state index in [9.17, 15) is 13.5 Å². The van der Waals surface area contributed by atoms with Gasteiger partial charge in [-0.25, -0.2) is 8.42 Å². The van der Waals surface area contributed by atoms with Gasteiger partial charge in [-0.15, -0.1) is 0 Å². The number of likely N-dealkylation sites (tertiary alicyclic amines) is 1. The molecule has 0 amide bonds. The predicted molar refractivity (Wildman–Crippen MR) is 117 cm³/mol. The van der Waals surface area contributed by atoms with Crippen molar-refractivity contribution >= 4 is 15.6 Å². The van der Waals surface area contributed by atoms with E-state index in [4.69, 9.17) is 4.74 Å². The molecule has 0 radical (unpaired) electrons. The number of sulfonamides is 1. The van der Waals surface area contributed by atoms with Crippen molar-refractivity contribution in [3.63, 3.8) is 0 Å². The second kappa shape index (κ2) is 8.22. The van der Waals surface area contributed by atoms with Crippen LogP contribution in [0.15, 0.2) is 18.3 Å². The first-order valence-electron chi connectivity index (χ1n) is 10.8. The number of ether oxygens (including phenoxy) is 1. The molecule has 1 fully saturated rings. The summed E-state index contributed by atoms with van der Waals surface area (Å²) < 4.78 is 31.2. The van der Waals surface area contributed by atoms with Crippen LogP contribution in [0, 0.1) is 5.92 Å². The van der Waals surface area contributed by atoms with Crippen LogP contribution >= 0.6 is 0 Å². The first kappa shape index (κ1) is 21.7. The molecule has 166 valence electrons. The molecular formula is C22H33N3O4S. The van der Waals surface area contributed by atoms with Crippen LogP contribution < -0.4 is 4.74 Å². The molecule has 0 saturated carbocycles. The summed E-state index contributed by atoms with van der Waals surface area (Å²) in [6.45, 7) is 7.35. The minimum Gasteiger partial charge on any atom is -0.488 e. The summed E-state index contributed by atoms with van der Waals surface area (Å²) in [4.78, 5) is 6.94. The summed E-state index contributed by atoms with van der Waals surface area (Å²) in [5.41, 5.74) is 2.60. The highest BCUT2D eigenvalue weighted by molar-refractivity contribution is 7.88. The normalized spacial score (nSPS) is 24.4. The summed E-state index contributed by atoms with van der Waals surface area (Å²) in [5.74, 6) is 1.41. The monoisotopic (exact) mass is 435 g/mol. The number of β-amino-alcohol motifs (C(OH)–C–C–N with tert-alkyl or cyclic N) is 1. The minimum absolute atomic E-state index is 0.197. The maximum absolute atomic E-state index is 11.7. The Bertz CT molecular complexity index is 915. The zero-order valence-corrected chi connectivity index (χ0v) is 19.0. The number of aliphatic hydroxyl groups is 1. The summed E-state index contributed by atoms with van der Waals surface area (Å²) >= 11 is 0. The van der Waals surface area contributed by atoms with Crippen LogP contribution in [-0.2, 0) is 16.4 Å². The third kappa shape index (κ3) is 5.04. The number of hydrogen-bond acceptors (Lipinski definition) is 6. The molecule has 0 aliphatic carbocycles. The average molecular weight is 436 g/mol. The molecule has 0 aromatic carbocycles. The fourth-order valence-electron chi connectivity index (χ4n) is 4.82. The van der Waals surface area contributed by atoms with Gasteiger partial charge in [-0.05, 0) is 63.8 Å². The lowest BCUT2D eigenvalue weighted by Crippen LogP contribution is -2.45. The van der Waals surface area contributed by atoms with Gasteiger partial charge in [0.1, 0.15) is 11.9 Å². The third-order valence-corrected chi connectivity index (χ3v) is 7.66. The molecular weight excluding hydrogens is 402 g/mol. The first-order chi connectivity index (χ1) is 14.1. The Morgan fingerprint density at radius 2 is 2.00 bits per heavy atom. The van der Waals surface area contributed by atoms with E-state index in [2.05, 4.69) is 16.0 Å². The molecule has 1 saturated heterocycles. The topological polar surface area (TPSA) is 83.0 Å². The molecule has 7 nitrogen and oxygen atoms in total. The van der Waals surface area contributed by atoms with E-state index in [0.29, 0.717) is 32.0 Å². The Balaban J connectivity index is 1.36. The maximum atomic E-state index is 11.7. The zero-order valence-electron chi connectivity index (χ0n) is 18.2. The standard InChI is InChI=1S/C22H33N3O4S/c1-22(2,26)15-24-8-4-17(5-9-24)20-13-18-12-19(23-14-21(18)29-20)16-6-10-25(11-7-16)30(3,27)28/h6,12,14,17,20,26H,4-5,7-11,13,15H2,1-3H3/t20-/m0/s1. The van der Waals surface area contributed by atoms with Gasteiger partial charge in [0.05, 0.1) is 23.7 Å². The van der Waals surface area contributed by atoms with Crippen LogP contribution in [0.3, 0.4) is 0 Å². The highest BCUT2D eigenvalue weighted by Gasteiger charge is 2.34. The Morgan fingerprint density at radius 3 is 2.60 bits per heavy atom. The number of fused-ring (bicyclic) bond motifs is 1. The molecule has 3 aliphatic heterocycles. The summed E-state index contributed by atoms with van der Waals surface area (Å²) in [5, 5.41) is 10.0. The summed E-state index contributed by atoms with van der Waals surface area (Å²) in [7, 11) is -3.14. The molecule has 1 N–H and O–H groups in total. The molecule has 4 rings (SSSR count). The number of aromatic nitrogens is 1. The van der Waals surface area contributed by atoms with Gasteiger partial charge in [-0.3, -0.25) is 4.98 Å². The third-order valence-electron chi connectivity index (χ3n) is 6.39. The molecule has 1 aromatic rings. The van der Waals surface area contributed by atoms with Crippen LogP contribution in [0.4, 0.5) is 0 Å². The van der Waals surface area contributed by atoms with Crippen LogP contribution in [0.1, 0.15) is 44.4 Å². The minimum atomic E-state index is -3.14. The quantitative estimate of drug-likeness (QED) is 0.761. The van der Waals surface area contributed by atoms with Crippen molar-refractivity contribution in [2.45, 2.75) is 51.2 Å². The highest BCUT2D eigenvalue weighted by Crippen LogP contribution is 2.36. The van der Waals surface area contributed by atoms with Gasteiger partial charge >= 0.3 is 0 Å². The van der Waals surface area contributed by atoms with E-state index in [1.807, 2.05) is 26.1 Å². The number of hydrogen-bond donors (Lipinski definition) is 1. The maximum Gasteiger partial charge on any atom is 0.211 e. The Hall–Kier alpha value is -1.48. The number of pyridine rings is 1.